The molecule has 1 spiro atoms. The Morgan fingerprint density at radius 2 is 0.932 bits per heavy atom. The lowest BCUT2D eigenvalue weighted by Crippen LogP contribution is -2.32. The van der Waals surface area contributed by atoms with Gasteiger partial charge in [-0.25, -0.2) is 4.99 Å². The lowest BCUT2D eigenvalue weighted by atomic mass is 9.66. The third-order valence-electron chi connectivity index (χ3n) is 11.9. The van der Waals surface area contributed by atoms with E-state index in [4.69, 9.17) is 15.1 Å². The summed E-state index contributed by atoms with van der Waals surface area (Å²) in [7, 11) is 0. The van der Waals surface area contributed by atoms with Gasteiger partial charge in [0.15, 0.2) is 5.84 Å². The Bertz CT molecular complexity index is 3100. The monoisotopic (exact) mass is 755 g/mol. The van der Waals surface area contributed by atoms with Crippen LogP contribution >= 0.6 is 0 Å². The number of benzene rings is 8. The number of amidine groups is 1. The molecule has 2 heterocycles. The Hall–Kier alpha value is -7.82. The molecule has 0 bridgehead atoms. The van der Waals surface area contributed by atoms with Crippen LogP contribution < -0.4 is 10.2 Å². The molecule has 1 aliphatic carbocycles. The van der Waals surface area contributed by atoms with Crippen molar-refractivity contribution < 1.29 is 4.74 Å². The SMILES string of the molecule is N=C(/N=c1\[nH]cc(-c2ccccc2)cc1-c1ccccc1)c1cccc(-c2ccc(-c3ccc4c(c3)C3(c5ccccc5Oc5ccccc53)c3ccccc3-4)cc2)c1. The number of hydrogen-bond donors (Lipinski definition) is 2. The van der Waals surface area contributed by atoms with Crippen LogP contribution in [-0.2, 0) is 5.41 Å². The van der Waals surface area contributed by atoms with Crippen molar-refractivity contribution in [1.29, 1.82) is 5.41 Å². The summed E-state index contributed by atoms with van der Waals surface area (Å²) in [5.74, 6) is 1.97. The minimum Gasteiger partial charge on any atom is -0.457 e. The second-order valence-electron chi connectivity index (χ2n) is 15.2. The summed E-state index contributed by atoms with van der Waals surface area (Å²) >= 11 is 0. The highest BCUT2D eigenvalue weighted by Crippen LogP contribution is 2.62. The average molecular weight is 756 g/mol. The van der Waals surface area contributed by atoms with Gasteiger partial charge in [-0.05, 0) is 91.5 Å². The van der Waals surface area contributed by atoms with E-state index in [1.165, 1.54) is 22.3 Å². The Labute approximate surface area is 343 Å². The Morgan fingerprint density at radius 3 is 1.63 bits per heavy atom. The number of fused-ring (bicyclic) bond motifs is 9. The van der Waals surface area contributed by atoms with Crippen LogP contribution in [0, 0.1) is 5.41 Å². The Morgan fingerprint density at radius 1 is 0.407 bits per heavy atom. The van der Waals surface area contributed by atoms with Crippen LogP contribution in [0.1, 0.15) is 27.8 Å². The molecule has 0 radical (unpaired) electrons. The first-order valence-corrected chi connectivity index (χ1v) is 19.9. The predicted octanol–water partition coefficient (Wildman–Crippen LogP) is 13.1. The summed E-state index contributed by atoms with van der Waals surface area (Å²) in [6.45, 7) is 0. The van der Waals surface area contributed by atoms with E-state index in [-0.39, 0.29) is 5.84 Å². The molecule has 9 aromatic rings. The molecule has 4 heteroatoms. The number of rotatable bonds is 5. The van der Waals surface area contributed by atoms with Crippen LogP contribution in [0.2, 0.25) is 0 Å². The fourth-order valence-electron chi connectivity index (χ4n) is 9.13. The fraction of sp³-hybridized carbons (Fsp3) is 0.0182. The van der Waals surface area contributed by atoms with Gasteiger partial charge in [-0.1, -0.05) is 176 Å². The maximum atomic E-state index is 9.14. The molecule has 0 amide bonds. The standard InChI is InChI=1S/C55H37N3O/c56-53(58-54-46(39-16-5-2-6-17-39)33-43(35-57-54)36-14-3-1-4-15-36)42-19-13-18-40(32-42)37-26-28-38(29-27-37)41-30-31-45-44-20-7-8-21-47(44)55(50(45)34-41)48-22-9-11-24-51(48)59-52-25-12-10-23-49(52)55/h1-35H,(H2,56,57,58). The molecule has 0 atom stereocenters. The van der Waals surface area contributed by atoms with Crippen LogP contribution in [0.15, 0.2) is 217 Å². The molecular formula is C55H37N3O. The van der Waals surface area contributed by atoms with Gasteiger partial charge >= 0.3 is 0 Å². The summed E-state index contributed by atoms with van der Waals surface area (Å²) in [6.07, 6.45) is 1.97. The molecule has 1 aliphatic heterocycles. The maximum Gasteiger partial charge on any atom is 0.154 e. The van der Waals surface area contributed by atoms with Gasteiger partial charge in [0.25, 0.3) is 0 Å². The van der Waals surface area contributed by atoms with Crippen molar-refractivity contribution in [3.63, 3.8) is 0 Å². The molecular weight excluding hydrogens is 719 g/mol. The van der Waals surface area contributed by atoms with Crippen molar-refractivity contribution in [1.82, 2.24) is 4.98 Å². The summed E-state index contributed by atoms with van der Waals surface area (Å²) < 4.78 is 6.54. The first-order chi connectivity index (χ1) is 29.1. The van der Waals surface area contributed by atoms with Gasteiger partial charge in [0.05, 0.1) is 5.41 Å². The van der Waals surface area contributed by atoms with E-state index in [1.807, 2.05) is 54.7 Å². The summed E-state index contributed by atoms with van der Waals surface area (Å²) in [4.78, 5) is 8.26. The largest absolute Gasteiger partial charge is 0.457 e. The van der Waals surface area contributed by atoms with Crippen molar-refractivity contribution in [2.45, 2.75) is 5.41 Å². The van der Waals surface area contributed by atoms with Gasteiger partial charge in [0.1, 0.15) is 17.0 Å². The zero-order valence-corrected chi connectivity index (χ0v) is 32.1. The van der Waals surface area contributed by atoms with E-state index in [2.05, 4.69) is 163 Å². The highest BCUT2D eigenvalue weighted by molar-refractivity contribution is 5.98. The molecule has 59 heavy (non-hydrogen) atoms. The predicted molar refractivity (Wildman–Crippen MR) is 239 cm³/mol. The minimum absolute atomic E-state index is 0.189. The maximum absolute atomic E-state index is 9.14. The third-order valence-corrected chi connectivity index (χ3v) is 11.9. The zero-order valence-electron chi connectivity index (χ0n) is 32.1. The number of ether oxygens (including phenoxy) is 1. The molecule has 0 saturated heterocycles. The molecule has 4 nitrogen and oxygen atoms in total. The molecule has 2 N–H and O–H groups in total. The molecule has 2 aliphatic rings. The van der Waals surface area contributed by atoms with E-state index in [0.717, 1.165) is 72.7 Å². The van der Waals surface area contributed by atoms with Crippen LogP contribution in [0.3, 0.4) is 0 Å². The number of aromatic amines is 1. The summed E-state index contributed by atoms with van der Waals surface area (Å²) in [5.41, 5.74) is 16.8. The fourth-order valence-corrected chi connectivity index (χ4v) is 9.13. The molecule has 8 aromatic carbocycles. The number of pyridine rings is 1. The first kappa shape index (κ1) is 34.4. The van der Waals surface area contributed by atoms with Crippen molar-refractivity contribution in [3.8, 4) is 67.1 Å². The Kier molecular flexibility index (Phi) is 8.16. The van der Waals surface area contributed by atoms with Crippen molar-refractivity contribution in [2.75, 3.05) is 0 Å². The molecule has 0 saturated carbocycles. The highest BCUT2D eigenvalue weighted by Gasteiger charge is 2.51. The van der Waals surface area contributed by atoms with Gasteiger partial charge in [0.2, 0.25) is 0 Å². The molecule has 1 aromatic heterocycles. The number of nitrogens with one attached hydrogen (secondary N) is 2. The second kappa shape index (κ2) is 14.0. The van der Waals surface area contributed by atoms with E-state index < -0.39 is 5.41 Å². The number of aromatic nitrogens is 1. The quantitative estimate of drug-likeness (QED) is 0.133. The van der Waals surface area contributed by atoms with Crippen LogP contribution in [-0.4, -0.2) is 10.8 Å². The molecule has 278 valence electrons. The summed E-state index contributed by atoms with van der Waals surface area (Å²) in [6, 6.07) is 72.3. The first-order valence-electron chi connectivity index (χ1n) is 19.9. The van der Waals surface area contributed by atoms with E-state index in [0.29, 0.717) is 5.49 Å². The van der Waals surface area contributed by atoms with Gasteiger partial charge in [-0.15, -0.1) is 0 Å². The van der Waals surface area contributed by atoms with Crippen LogP contribution in [0.4, 0.5) is 0 Å². The number of hydrogen-bond acceptors (Lipinski definition) is 2. The lowest BCUT2D eigenvalue weighted by Gasteiger charge is -2.39. The minimum atomic E-state index is -0.507. The number of para-hydroxylation sites is 2. The highest BCUT2D eigenvalue weighted by atomic mass is 16.5. The number of H-pyrrole nitrogens is 1. The normalized spacial score (nSPS) is 13.2. The van der Waals surface area contributed by atoms with Gasteiger partial charge in [-0.2, -0.15) is 0 Å². The van der Waals surface area contributed by atoms with Crippen molar-refractivity contribution in [3.05, 3.63) is 246 Å². The van der Waals surface area contributed by atoms with Crippen molar-refractivity contribution >= 4 is 5.84 Å². The smallest absolute Gasteiger partial charge is 0.154 e. The third kappa shape index (κ3) is 5.68. The number of nitrogens with zero attached hydrogens (tertiary/aromatic N) is 1. The average Bonchev–Trinajstić information content (AvgIpc) is 3.59. The lowest BCUT2D eigenvalue weighted by molar-refractivity contribution is 0.436. The topological polar surface area (TPSA) is 61.2 Å². The molecule has 11 rings (SSSR count). The van der Waals surface area contributed by atoms with Gasteiger partial charge in [-0.3, -0.25) is 5.41 Å². The second-order valence-corrected chi connectivity index (χ2v) is 15.2. The van der Waals surface area contributed by atoms with E-state index in [1.54, 1.807) is 0 Å². The van der Waals surface area contributed by atoms with Gasteiger partial charge in [0, 0.05) is 28.5 Å². The molecule has 0 unspecified atom stereocenters. The zero-order chi connectivity index (χ0) is 39.3. The summed E-state index contributed by atoms with van der Waals surface area (Å²) in [5, 5.41) is 9.14. The van der Waals surface area contributed by atoms with Crippen LogP contribution in [0.25, 0.3) is 55.6 Å². The molecule has 0 fully saturated rings. The van der Waals surface area contributed by atoms with Gasteiger partial charge < -0.3 is 9.72 Å². The van der Waals surface area contributed by atoms with Crippen LogP contribution in [0.5, 0.6) is 11.5 Å². The van der Waals surface area contributed by atoms with E-state index in [9.17, 15) is 0 Å². The van der Waals surface area contributed by atoms with E-state index >= 15 is 0 Å². The Balaban J connectivity index is 0.945. The van der Waals surface area contributed by atoms with Crippen molar-refractivity contribution in [2.24, 2.45) is 4.99 Å².